The Balaban J connectivity index is 0.00000208. The number of rotatable bonds is 5. The number of nitrogens with zero attached hydrogens (tertiary/aromatic N) is 4. The molecule has 2 heterocycles. The standard InChI is InChI=1S/C16H22N6O.ClH/c1-12-19-20-21-22(12)15(11-13-5-3-2-4-6-13)16(23)18-14-7-9-17-10-8-14;/h2-6,14-15,17H,7-11H2,1H3,(H,18,23);1H. The molecule has 0 spiro atoms. The minimum Gasteiger partial charge on any atom is -0.351 e. The lowest BCUT2D eigenvalue weighted by Crippen LogP contribution is -2.46. The molecule has 1 aromatic heterocycles. The highest BCUT2D eigenvalue weighted by Crippen LogP contribution is 2.16. The number of hydrogen-bond acceptors (Lipinski definition) is 5. The number of amides is 1. The van der Waals surface area contributed by atoms with E-state index >= 15 is 0 Å². The summed E-state index contributed by atoms with van der Waals surface area (Å²) in [4.78, 5) is 12.8. The second-order valence-corrected chi connectivity index (χ2v) is 5.91. The summed E-state index contributed by atoms with van der Waals surface area (Å²) in [7, 11) is 0. The van der Waals surface area contributed by atoms with Gasteiger partial charge >= 0.3 is 0 Å². The zero-order valence-electron chi connectivity index (χ0n) is 13.7. The lowest BCUT2D eigenvalue weighted by molar-refractivity contribution is -0.125. The van der Waals surface area contributed by atoms with E-state index in [-0.39, 0.29) is 24.4 Å². The van der Waals surface area contributed by atoms with Gasteiger partial charge in [-0.2, -0.15) is 0 Å². The molecule has 7 nitrogen and oxygen atoms in total. The third-order valence-corrected chi connectivity index (χ3v) is 4.21. The summed E-state index contributed by atoms with van der Waals surface area (Å²) in [6.45, 7) is 3.70. The minimum absolute atomic E-state index is 0. The van der Waals surface area contributed by atoms with Gasteiger partial charge in [0.1, 0.15) is 11.9 Å². The van der Waals surface area contributed by atoms with Gasteiger partial charge in [0, 0.05) is 12.5 Å². The van der Waals surface area contributed by atoms with Gasteiger partial charge in [-0.3, -0.25) is 4.79 Å². The lowest BCUT2D eigenvalue weighted by atomic mass is 10.0. The Bertz CT molecular complexity index is 641. The van der Waals surface area contributed by atoms with Crippen molar-refractivity contribution in [3.05, 3.63) is 41.7 Å². The van der Waals surface area contributed by atoms with Crippen LogP contribution in [0.1, 0.15) is 30.3 Å². The topological polar surface area (TPSA) is 84.7 Å². The summed E-state index contributed by atoms with van der Waals surface area (Å²) in [5, 5.41) is 18.1. The second kappa shape index (κ2) is 8.75. The first kappa shape index (κ1) is 18.4. The van der Waals surface area contributed by atoms with Gasteiger partial charge in [0.05, 0.1) is 0 Å². The summed E-state index contributed by atoms with van der Waals surface area (Å²) >= 11 is 0. The number of hydrogen-bond donors (Lipinski definition) is 2. The highest BCUT2D eigenvalue weighted by Gasteiger charge is 2.26. The van der Waals surface area contributed by atoms with Crippen molar-refractivity contribution >= 4 is 18.3 Å². The smallest absolute Gasteiger partial charge is 0.245 e. The number of halogens is 1. The number of aromatic nitrogens is 4. The maximum atomic E-state index is 12.8. The molecule has 2 N–H and O–H groups in total. The van der Waals surface area contributed by atoms with Crippen molar-refractivity contribution in [3.8, 4) is 0 Å². The maximum Gasteiger partial charge on any atom is 0.245 e. The van der Waals surface area contributed by atoms with Crippen LogP contribution in [0.2, 0.25) is 0 Å². The fraction of sp³-hybridized carbons (Fsp3) is 0.500. The molecular weight excluding hydrogens is 328 g/mol. The highest BCUT2D eigenvalue weighted by atomic mass is 35.5. The van der Waals surface area contributed by atoms with Crippen LogP contribution in [0.3, 0.4) is 0 Å². The summed E-state index contributed by atoms with van der Waals surface area (Å²) < 4.78 is 1.61. The molecule has 1 saturated heterocycles. The van der Waals surface area contributed by atoms with Gasteiger partial charge in [-0.1, -0.05) is 30.3 Å². The number of carbonyl (C=O) groups excluding carboxylic acids is 1. The number of piperidine rings is 1. The van der Waals surface area contributed by atoms with E-state index in [1.165, 1.54) is 0 Å². The van der Waals surface area contributed by atoms with Crippen molar-refractivity contribution < 1.29 is 4.79 Å². The molecule has 1 unspecified atom stereocenters. The van der Waals surface area contributed by atoms with E-state index in [4.69, 9.17) is 0 Å². The average Bonchev–Trinajstić information content (AvgIpc) is 3.00. The summed E-state index contributed by atoms with van der Waals surface area (Å²) in [5.74, 6) is 0.627. The van der Waals surface area contributed by atoms with Crippen molar-refractivity contribution in [3.63, 3.8) is 0 Å². The van der Waals surface area contributed by atoms with Crippen LogP contribution in [0, 0.1) is 6.92 Å². The zero-order valence-corrected chi connectivity index (χ0v) is 14.5. The molecule has 0 aliphatic carbocycles. The predicted molar refractivity (Wildman–Crippen MR) is 93.0 cm³/mol. The zero-order chi connectivity index (χ0) is 16.1. The van der Waals surface area contributed by atoms with Crippen molar-refractivity contribution in [2.45, 2.75) is 38.3 Å². The molecule has 2 aromatic rings. The Kier molecular flexibility index (Phi) is 6.69. The van der Waals surface area contributed by atoms with Gasteiger partial charge in [0.2, 0.25) is 5.91 Å². The molecular formula is C16H23ClN6O. The lowest BCUT2D eigenvalue weighted by Gasteiger charge is -2.26. The van der Waals surface area contributed by atoms with Gasteiger partial charge in [-0.15, -0.1) is 17.5 Å². The third kappa shape index (κ3) is 4.52. The van der Waals surface area contributed by atoms with Crippen molar-refractivity contribution in [1.82, 2.24) is 30.8 Å². The molecule has 1 atom stereocenters. The molecule has 0 saturated carbocycles. The van der Waals surface area contributed by atoms with Crippen molar-refractivity contribution in [2.75, 3.05) is 13.1 Å². The fourth-order valence-corrected chi connectivity index (χ4v) is 2.92. The molecule has 1 aromatic carbocycles. The van der Waals surface area contributed by atoms with E-state index in [9.17, 15) is 4.79 Å². The summed E-state index contributed by atoms with van der Waals surface area (Å²) in [6.07, 6.45) is 2.49. The van der Waals surface area contributed by atoms with Crippen LogP contribution < -0.4 is 10.6 Å². The molecule has 24 heavy (non-hydrogen) atoms. The van der Waals surface area contributed by atoms with Gasteiger partial charge in [0.15, 0.2) is 0 Å². The first-order valence-corrected chi connectivity index (χ1v) is 8.03. The van der Waals surface area contributed by atoms with Crippen molar-refractivity contribution in [1.29, 1.82) is 0 Å². The number of benzene rings is 1. The van der Waals surface area contributed by atoms with E-state index < -0.39 is 6.04 Å². The molecule has 130 valence electrons. The highest BCUT2D eigenvalue weighted by molar-refractivity contribution is 5.85. The van der Waals surface area contributed by atoms with Gasteiger partial charge in [0.25, 0.3) is 0 Å². The first-order chi connectivity index (χ1) is 11.2. The monoisotopic (exact) mass is 350 g/mol. The number of nitrogens with one attached hydrogen (secondary N) is 2. The van der Waals surface area contributed by atoms with Gasteiger partial charge in [-0.25, -0.2) is 4.68 Å². The van der Waals surface area contributed by atoms with Crippen LogP contribution in [-0.2, 0) is 11.2 Å². The number of tetrazole rings is 1. The Morgan fingerprint density at radius 3 is 2.67 bits per heavy atom. The molecule has 3 rings (SSSR count). The third-order valence-electron chi connectivity index (χ3n) is 4.21. The second-order valence-electron chi connectivity index (χ2n) is 5.91. The molecule has 1 aliphatic rings. The van der Waals surface area contributed by atoms with Gasteiger partial charge in [-0.05, 0) is 48.8 Å². The maximum absolute atomic E-state index is 12.8. The Labute approximate surface area is 147 Å². The SMILES string of the molecule is Cc1nnnn1C(Cc1ccccc1)C(=O)NC1CCNCC1.Cl. The van der Waals surface area contributed by atoms with Crippen LogP contribution in [0.15, 0.2) is 30.3 Å². The number of aryl methyl sites for hydroxylation is 1. The quantitative estimate of drug-likeness (QED) is 0.842. The van der Waals surface area contributed by atoms with Crippen molar-refractivity contribution in [2.24, 2.45) is 0 Å². The van der Waals surface area contributed by atoms with Crippen LogP contribution >= 0.6 is 12.4 Å². The van der Waals surface area contributed by atoms with E-state index in [2.05, 4.69) is 26.2 Å². The van der Waals surface area contributed by atoms with E-state index in [0.29, 0.717) is 12.2 Å². The summed E-state index contributed by atoms with van der Waals surface area (Å²) in [5.41, 5.74) is 1.09. The first-order valence-electron chi connectivity index (χ1n) is 8.03. The van der Waals surface area contributed by atoms with Crippen LogP contribution in [0.25, 0.3) is 0 Å². The largest absolute Gasteiger partial charge is 0.351 e. The Morgan fingerprint density at radius 1 is 1.33 bits per heavy atom. The minimum atomic E-state index is -0.428. The van der Waals surface area contributed by atoms with Crippen LogP contribution in [-0.4, -0.2) is 45.2 Å². The molecule has 1 fully saturated rings. The Hall–Kier alpha value is -1.99. The molecule has 0 radical (unpaired) electrons. The molecule has 0 bridgehead atoms. The predicted octanol–water partition coefficient (Wildman–Crippen LogP) is 1.06. The van der Waals surface area contributed by atoms with E-state index in [0.717, 1.165) is 31.5 Å². The molecule has 1 aliphatic heterocycles. The van der Waals surface area contributed by atoms with E-state index in [1.807, 2.05) is 37.3 Å². The van der Waals surface area contributed by atoms with Gasteiger partial charge < -0.3 is 10.6 Å². The van der Waals surface area contributed by atoms with Crippen LogP contribution in [0.5, 0.6) is 0 Å². The normalized spacial score (nSPS) is 16.2. The number of carbonyl (C=O) groups is 1. The van der Waals surface area contributed by atoms with Crippen LogP contribution in [0.4, 0.5) is 0 Å². The van der Waals surface area contributed by atoms with E-state index in [1.54, 1.807) is 4.68 Å². The fourth-order valence-electron chi connectivity index (χ4n) is 2.92. The Morgan fingerprint density at radius 2 is 2.04 bits per heavy atom. The summed E-state index contributed by atoms with van der Waals surface area (Å²) in [6, 6.07) is 9.75. The average molecular weight is 351 g/mol. The molecule has 8 heteroatoms. The molecule has 1 amide bonds.